The zero-order chi connectivity index (χ0) is 26.0. The number of hydrogen-bond acceptors (Lipinski definition) is 10. The van der Waals surface area contributed by atoms with Gasteiger partial charge in [-0.05, 0) is 22.9 Å². The summed E-state index contributed by atoms with van der Waals surface area (Å²) in [5.41, 5.74) is 1.14. The summed E-state index contributed by atoms with van der Waals surface area (Å²) in [4.78, 5) is 0. The van der Waals surface area contributed by atoms with Crippen molar-refractivity contribution in [2.45, 2.75) is 61.0 Å². The molecule has 0 radical (unpaired) electrons. The van der Waals surface area contributed by atoms with Crippen LogP contribution in [-0.2, 0) is 9.47 Å². The molecule has 2 aromatic rings. The highest BCUT2D eigenvalue weighted by Crippen LogP contribution is 2.25. The number of ether oxygens (including phenoxy) is 2. The van der Waals surface area contributed by atoms with Gasteiger partial charge in [0, 0.05) is 11.1 Å². The molecule has 2 aliphatic heterocycles. The summed E-state index contributed by atoms with van der Waals surface area (Å²) in [6, 6.07) is 10.6. The lowest BCUT2D eigenvalue weighted by Gasteiger charge is -2.37. The highest BCUT2D eigenvalue weighted by Gasteiger charge is 2.43. The fourth-order valence-corrected chi connectivity index (χ4v) is 4.27. The largest absolute Gasteiger partial charge is 0.394 e. The molecule has 0 bridgehead atoms. The van der Waals surface area contributed by atoms with Crippen molar-refractivity contribution in [1.82, 2.24) is 0 Å². The fraction of sp³-hybridized carbons (Fsp3) is 0.462. The minimum atomic E-state index is -1.52. The van der Waals surface area contributed by atoms with E-state index in [1.807, 2.05) is 12.1 Å². The van der Waals surface area contributed by atoms with Gasteiger partial charge in [-0.25, -0.2) is 0 Å². The van der Waals surface area contributed by atoms with Crippen LogP contribution in [0.1, 0.15) is 11.1 Å². The molecule has 0 unspecified atom stereocenters. The first-order valence-electron chi connectivity index (χ1n) is 11.4. The molecule has 10 atom stereocenters. The third kappa shape index (κ3) is 5.11. The molecular formula is C26H28O10. The standard InChI is InChI=1S/C26H28O10/c27-11-19-23(31)25(33)21(29)17(35-19)9-7-13-3-1-5-15-14(4-2-6-16(13)15)8-10-18-22(30)26(34)24(32)20(12-28)36-18/h1-6,17-34H,11-12H2/t17-,18-,19-,20-,21-,22+,23-,24-,25-,26-/m1/s1. The molecule has 0 saturated carbocycles. The Labute approximate surface area is 207 Å². The van der Waals surface area contributed by atoms with Gasteiger partial charge in [0.05, 0.1) is 13.2 Å². The maximum Gasteiger partial charge on any atom is 0.147 e. The van der Waals surface area contributed by atoms with Crippen LogP contribution in [-0.4, -0.2) is 115 Å². The van der Waals surface area contributed by atoms with Gasteiger partial charge in [0.2, 0.25) is 0 Å². The van der Waals surface area contributed by atoms with Gasteiger partial charge in [-0.15, -0.1) is 0 Å². The van der Waals surface area contributed by atoms with Crippen LogP contribution < -0.4 is 0 Å². The lowest BCUT2D eigenvalue weighted by molar-refractivity contribution is -0.214. The second-order valence-electron chi connectivity index (χ2n) is 8.74. The van der Waals surface area contributed by atoms with Crippen LogP contribution in [0.4, 0.5) is 0 Å². The van der Waals surface area contributed by atoms with Gasteiger partial charge in [-0.2, -0.15) is 0 Å². The lowest BCUT2D eigenvalue weighted by atomic mass is 9.94. The summed E-state index contributed by atoms with van der Waals surface area (Å²) in [5.74, 6) is 11.4. The number of benzene rings is 2. The fourth-order valence-electron chi connectivity index (χ4n) is 4.27. The van der Waals surface area contributed by atoms with Gasteiger partial charge in [0.1, 0.15) is 61.0 Å². The molecule has 8 N–H and O–H groups in total. The summed E-state index contributed by atoms with van der Waals surface area (Å²) >= 11 is 0. The number of hydrogen-bond donors (Lipinski definition) is 8. The number of rotatable bonds is 2. The lowest BCUT2D eigenvalue weighted by Crippen LogP contribution is -2.58. The third-order valence-corrected chi connectivity index (χ3v) is 6.40. The molecule has 2 fully saturated rings. The van der Waals surface area contributed by atoms with E-state index in [9.17, 15) is 40.9 Å². The Balaban J connectivity index is 1.62. The van der Waals surface area contributed by atoms with E-state index in [4.69, 9.17) is 9.47 Å². The second-order valence-corrected chi connectivity index (χ2v) is 8.74. The van der Waals surface area contributed by atoms with Crippen LogP contribution in [0.5, 0.6) is 0 Å². The van der Waals surface area contributed by atoms with E-state index in [0.29, 0.717) is 11.1 Å². The SMILES string of the molecule is OC[C@H]1O[C@H](C#Cc2cccc3c(C#C[C@H]4O[C@H](CO)[C@@H](O)[C@H](O)[C@@H]4O)cccc23)[C@H](O)[C@@H](O)[C@@H]1O. The van der Waals surface area contributed by atoms with Crippen LogP contribution in [0.2, 0.25) is 0 Å². The van der Waals surface area contributed by atoms with Crippen molar-refractivity contribution in [3.8, 4) is 23.7 Å². The molecule has 0 aromatic heterocycles. The minimum absolute atomic E-state index is 0.548. The average molecular weight is 501 g/mol. The second kappa shape index (κ2) is 11.2. The van der Waals surface area contributed by atoms with E-state index < -0.39 is 74.3 Å². The van der Waals surface area contributed by atoms with Crippen molar-refractivity contribution < 1.29 is 50.3 Å². The van der Waals surface area contributed by atoms with E-state index in [-0.39, 0.29) is 0 Å². The summed E-state index contributed by atoms with van der Waals surface area (Å²) in [7, 11) is 0. The van der Waals surface area contributed by atoms with E-state index >= 15 is 0 Å². The minimum Gasteiger partial charge on any atom is -0.394 e. The normalized spacial score (nSPS) is 36.4. The number of aliphatic hydroxyl groups is 8. The first-order chi connectivity index (χ1) is 17.3. The smallest absolute Gasteiger partial charge is 0.147 e. The summed E-state index contributed by atoms with van der Waals surface area (Å²) < 4.78 is 10.9. The predicted octanol–water partition coefficient (Wildman–Crippen LogP) is -2.77. The Morgan fingerprint density at radius 2 is 0.944 bits per heavy atom. The van der Waals surface area contributed by atoms with Crippen LogP contribution in [0.25, 0.3) is 10.8 Å². The monoisotopic (exact) mass is 500 g/mol. The van der Waals surface area contributed by atoms with Gasteiger partial charge in [-0.1, -0.05) is 47.9 Å². The molecule has 2 heterocycles. The van der Waals surface area contributed by atoms with Crippen molar-refractivity contribution in [1.29, 1.82) is 0 Å². The molecular weight excluding hydrogens is 472 g/mol. The van der Waals surface area contributed by atoms with Crippen molar-refractivity contribution >= 4 is 10.8 Å². The van der Waals surface area contributed by atoms with E-state index in [0.717, 1.165) is 10.8 Å². The van der Waals surface area contributed by atoms with Crippen molar-refractivity contribution in [2.24, 2.45) is 0 Å². The first kappa shape index (κ1) is 26.5. The molecule has 2 aromatic carbocycles. The zero-order valence-electron chi connectivity index (χ0n) is 19.0. The molecule has 2 saturated heterocycles. The van der Waals surface area contributed by atoms with Gasteiger partial charge < -0.3 is 50.3 Å². The Morgan fingerprint density at radius 1 is 0.556 bits per heavy atom. The number of fused-ring (bicyclic) bond motifs is 1. The van der Waals surface area contributed by atoms with Gasteiger partial charge in [-0.3, -0.25) is 0 Å². The molecule has 0 spiro atoms. The third-order valence-electron chi connectivity index (χ3n) is 6.40. The highest BCUT2D eigenvalue weighted by molar-refractivity contribution is 5.92. The maximum absolute atomic E-state index is 10.2. The first-order valence-corrected chi connectivity index (χ1v) is 11.4. The Morgan fingerprint density at radius 3 is 1.31 bits per heavy atom. The van der Waals surface area contributed by atoms with Gasteiger partial charge in [0.25, 0.3) is 0 Å². The Hall–Kier alpha value is -2.58. The summed E-state index contributed by atoms with van der Waals surface area (Å²) in [6.45, 7) is -1.10. The highest BCUT2D eigenvalue weighted by atomic mass is 16.5. The number of aliphatic hydroxyl groups excluding tert-OH is 8. The Kier molecular flexibility index (Phi) is 8.25. The van der Waals surface area contributed by atoms with Crippen LogP contribution >= 0.6 is 0 Å². The molecule has 10 nitrogen and oxygen atoms in total. The molecule has 36 heavy (non-hydrogen) atoms. The summed E-state index contributed by atoms with van der Waals surface area (Å²) in [6.07, 6.45) is -13.3. The zero-order valence-corrected chi connectivity index (χ0v) is 19.0. The van der Waals surface area contributed by atoms with Crippen LogP contribution in [0.3, 0.4) is 0 Å². The molecule has 192 valence electrons. The van der Waals surface area contributed by atoms with Crippen molar-refractivity contribution in [2.75, 3.05) is 13.2 Å². The molecule has 10 heteroatoms. The quantitative estimate of drug-likeness (QED) is 0.201. The van der Waals surface area contributed by atoms with E-state index in [1.165, 1.54) is 0 Å². The van der Waals surface area contributed by atoms with Gasteiger partial charge >= 0.3 is 0 Å². The predicted molar refractivity (Wildman–Crippen MR) is 125 cm³/mol. The molecule has 0 amide bonds. The Bertz CT molecular complexity index is 1100. The van der Waals surface area contributed by atoms with Crippen molar-refractivity contribution in [3.63, 3.8) is 0 Å². The molecule has 2 aliphatic rings. The summed E-state index contributed by atoms with van der Waals surface area (Å²) in [5, 5.41) is 80.4. The van der Waals surface area contributed by atoms with Crippen LogP contribution in [0, 0.1) is 23.7 Å². The van der Waals surface area contributed by atoms with E-state index in [2.05, 4.69) is 23.7 Å². The maximum atomic E-state index is 10.2. The van der Waals surface area contributed by atoms with E-state index in [1.54, 1.807) is 24.3 Å². The molecule has 4 rings (SSSR count). The van der Waals surface area contributed by atoms with Crippen LogP contribution in [0.15, 0.2) is 36.4 Å². The van der Waals surface area contributed by atoms with Crippen molar-refractivity contribution in [3.05, 3.63) is 47.5 Å². The molecule has 0 aliphatic carbocycles. The average Bonchev–Trinajstić information content (AvgIpc) is 2.89. The van der Waals surface area contributed by atoms with Gasteiger partial charge in [0.15, 0.2) is 0 Å². The topological polar surface area (TPSA) is 180 Å².